The predicted octanol–water partition coefficient (Wildman–Crippen LogP) is 4.86. The summed E-state index contributed by atoms with van der Waals surface area (Å²) in [6.07, 6.45) is 6.16. The molecule has 0 saturated carbocycles. The van der Waals surface area contributed by atoms with Gasteiger partial charge in [-0.15, -0.1) is 10.2 Å². The lowest BCUT2D eigenvalue weighted by atomic mass is 10.1. The van der Waals surface area contributed by atoms with E-state index in [1.807, 2.05) is 36.4 Å². The molecular weight excluding hydrogens is 468 g/mol. The lowest BCUT2D eigenvalue weighted by molar-refractivity contribution is 0.803. The average molecular weight is 487 g/mol. The number of hydrogen-bond donors (Lipinski definition) is 2. The van der Waals surface area contributed by atoms with Crippen molar-refractivity contribution >= 4 is 39.7 Å². The third kappa shape index (κ3) is 4.38. The molecular formula is C25H18N12. The van der Waals surface area contributed by atoms with Crippen LogP contribution >= 0.6 is 0 Å². The van der Waals surface area contributed by atoms with E-state index in [4.69, 9.17) is 0 Å². The quantitative estimate of drug-likeness (QED) is 0.319. The van der Waals surface area contributed by atoms with Crippen molar-refractivity contribution in [3.8, 4) is 18.1 Å². The maximum absolute atomic E-state index is 9.95. The second-order valence-electron chi connectivity index (χ2n) is 7.72. The maximum atomic E-state index is 9.95. The molecule has 1 aromatic carbocycles. The van der Waals surface area contributed by atoms with Crippen molar-refractivity contribution in [3.05, 3.63) is 77.9 Å². The highest BCUT2D eigenvalue weighted by Crippen LogP contribution is 2.36. The zero-order valence-corrected chi connectivity index (χ0v) is 19.7. The first-order chi connectivity index (χ1) is 18.1. The van der Waals surface area contributed by atoms with Gasteiger partial charge in [-0.1, -0.05) is 18.2 Å². The summed E-state index contributed by atoms with van der Waals surface area (Å²) < 4.78 is 1.32. The van der Waals surface area contributed by atoms with Crippen molar-refractivity contribution in [1.29, 1.82) is 10.5 Å². The lowest BCUT2D eigenvalue weighted by Gasteiger charge is -2.14. The molecule has 5 rings (SSSR count). The molecule has 178 valence electrons. The third-order valence-corrected chi connectivity index (χ3v) is 5.47. The van der Waals surface area contributed by atoms with Crippen LogP contribution in [0.25, 0.3) is 16.9 Å². The van der Waals surface area contributed by atoms with Gasteiger partial charge in [0, 0.05) is 30.4 Å². The van der Waals surface area contributed by atoms with E-state index >= 15 is 0 Å². The first-order valence-electron chi connectivity index (χ1n) is 11.0. The van der Waals surface area contributed by atoms with E-state index in [9.17, 15) is 10.5 Å². The Kier molecular flexibility index (Phi) is 6.13. The molecule has 12 heteroatoms. The van der Waals surface area contributed by atoms with Crippen LogP contribution in [0.4, 0.5) is 28.8 Å². The molecule has 0 saturated heterocycles. The predicted molar refractivity (Wildman–Crippen MR) is 136 cm³/mol. The third-order valence-electron chi connectivity index (χ3n) is 5.47. The smallest absolute Gasteiger partial charge is 0.252 e. The summed E-state index contributed by atoms with van der Waals surface area (Å²) in [5, 5.41) is 39.4. The molecule has 0 spiro atoms. The van der Waals surface area contributed by atoms with Gasteiger partial charge >= 0.3 is 0 Å². The highest BCUT2D eigenvalue weighted by Gasteiger charge is 2.19. The molecule has 0 bridgehead atoms. The van der Waals surface area contributed by atoms with Gasteiger partial charge in [0.1, 0.15) is 23.4 Å². The number of nitriles is 2. The monoisotopic (exact) mass is 486 g/mol. The fourth-order valence-electron chi connectivity index (χ4n) is 3.66. The van der Waals surface area contributed by atoms with E-state index < -0.39 is 0 Å². The summed E-state index contributed by atoms with van der Waals surface area (Å²) in [6.45, 7) is 1.75. The Morgan fingerprint density at radius 3 is 2.51 bits per heavy atom. The highest BCUT2D eigenvalue weighted by atomic mass is 15.4. The Morgan fingerprint density at radius 2 is 1.76 bits per heavy atom. The molecule has 0 aliphatic rings. The van der Waals surface area contributed by atoms with Gasteiger partial charge < -0.3 is 10.6 Å². The van der Waals surface area contributed by atoms with Gasteiger partial charge in [0.15, 0.2) is 17.5 Å². The number of rotatable bonds is 6. The molecule has 4 aromatic heterocycles. The number of azo groups is 1. The molecule has 5 aromatic rings. The van der Waals surface area contributed by atoms with Gasteiger partial charge in [-0.05, 0) is 25.1 Å². The van der Waals surface area contributed by atoms with Crippen LogP contribution in [0.1, 0.15) is 16.7 Å². The number of aromatic nitrogens is 6. The minimum absolute atomic E-state index is 0.151. The van der Waals surface area contributed by atoms with Crippen LogP contribution in [-0.2, 0) is 0 Å². The second-order valence-corrected chi connectivity index (χ2v) is 7.72. The first-order valence-corrected chi connectivity index (χ1v) is 11.0. The van der Waals surface area contributed by atoms with Crippen LogP contribution < -0.4 is 10.6 Å². The fourth-order valence-corrected chi connectivity index (χ4v) is 3.66. The molecule has 2 N–H and O–H groups in total. The molecule has 0 radical (unpaired) electrons. The van der Waals surface area contributed by atoms with E-state index in [-0.39, 0.29) is 17.3 Å². The van der Waals surface area contributed by atoms with E-state index in [0.717, 1.165) is 10.9 Å². The summed E-state index contributed by atoms with van der Waals surface area (Å²) in [6, 6.07) is 15.6. The van der Waals surface area contributed by atoms with Gasteiger partial charge in [-0.2, -0.15) is 20.3 Å². The van der Waals surface area contributed by atoms with Crippen molar-refractivity contribution < 1.29 is 0 Å². The van der Waals surface area contributed by atoms with Crippen LogP contribution in [0.2, 0.25) is 0 Å². The Hall–Kier alpha value is -5.75. The molecule has 0 fully saturated rings. The van der Waals surface area contributed by atoms with Gasteiger partial charge in [0.2, 0.25) is 0 Å². The summed E-state index contributed by atoms with van der Waals surface area (Å²) in [5.74, 6) is 1.12. The minimum atomic E-state index is 0.151. The van der Waals surface area contributed by atoms with Crippen LogP contribution in [0.5, 0.6) is 0 Å². The molecule has 0 aliphatic heterocycles. The van der Waals surface area contributed by atoms with Gasteiger partial charge in [0.25, 0.3) is 5.95 Å². The molecule has 4 heterocycles. The number of nitrogens with one attached hydrogen (secondary N) is 2. The van der Waals surface area contributed by atoms with Crippen molar-refractivity contribution in [2.75, 3.05) is 17.7 Å². The summed E-state index contributed by atoms with van der Waals surface area (Å²) in [5.41, 5.74) is 2.91. The van der Waals surface area contributed by atoms with Crippen molar-refractivity contribution in [1.82, 2.24) is 29.7 Å². The van der Waals surface area contributed by atoms with Gasteiger partial charge in [-0.3, -0.25) is 4.98 Å². The lowest BCUT2D eigenvalue weighted by Crippen LogP contribution is -2.04. The Balaban J connectivity index is 1.56. The van der Waals surface area contributed by atoms with Crippen molar-refractivity contribution in [2.45, 2.75) is 6.92 Å². The Labute approximate surface area is 211 Å². The van der Waals surface area contributed by atoms with Crippen molar-refractivity contribution in [2.24, 2.45) is 10.2 Å². The number of fused-ring (bicyclic) bond motifs is 1. The van der Waals surface area contributed by atoms with Crippen LogP contribution in [-0.4, -0.2) is 36.8 Å². The zero-order chi connectivity index (χ0) is 25.8. The molecule has 0 atom stereocenters. The van der Waals surface area contributed by atoms with Crippen molar-refractivity contribution in [3.63, 3.8) is 0 Å². The molecule has 37 heavy (non-hydrogen) atoms. The average Bonchev–Trinajstić information content (AvgIpc) is 3.35. The van der Waals surface area contributed by atoms with Gasteiger partial charge in [0.05, 0.1) is 29.2 Å². The van der Waals surface area contributed by atoms with Crippen LogP contribution in [0.3, 0.4) is 0 Å². The van der Waals surface area contributed by atoms with E-state index in [1.54, 1.807) is 38.6 Å². The summed E-state index contributed by atoms with van der Waals surface area (Å²) in [4.78, 5) is 17.4. The molecule has 0 amide bonds. The number of nitrogens with zero attached hydrogens (tertiary/aromatic N) is 10. The van der Waals surface area contributed by atoms with E-state index in [1.165, 1.54) is 10.9 Å². The van der Waals surface area contributed by atoms with Crippen LogP contribution in [0, 0.1) is 29.6 Å². The number of anilines is 3. The highest BCUT2D eigenvalue weighted by molar-refractivity contribution is 5.83. The largest absolute Gasteiger partial charge is 0.371 e. The SMILES string of the molecule is CNc1nc(Nc2cnc3ccccc3c2)c(C#N)c(C)c1/N=N/c1c(C#N)cnn1-c1ncccn1. The molecule has 12 nitrogen and oxygen atoms in total. The number of benzene rings is 1. The minimum Gasteiger partial charge on any atom is -0.371 e. The van der Waals surface area contributed by atoms with Crippen LogP contribution in [0.15, 0.2) is 71.4 Å². The topological polar surface area (TPSA) is 166 Å². The normalized spacial score (nSPS) is 10.8. The van der Waals surface area contributed by atoms with E-state index in [0.29, 0.717) is 34.1 Å². The first kappa shape index (κ1) is 23.0. The summed E-state index contributed by atoms with van der Waals surface area (Å²) in [7, 11) is 1.69. The Morgan fingerprint density at radius 1 is 0.946 bits per heavy atom. The fraction of sp³-hybridized carbons (Fsp3) is 0.0800. The standard InChI is InChI=1S/C25H18N12/c1-15-19(12-27)22(33-18-10-16-6-3-4-7-20(16)31-14-18)34-23(28-2)21(15)35-36-24-17(11-26)13-32-37(24)25-29-8-5-9-30-25/h3-10,13-14H,1-2H3,(H2,28,33,34)/b36-35+. The number of para-hydroxylation sites is 1. The summed E-state index contributed by atoms with van der Waals surface area (Å²) >= 11 is 0. The zero-order valence-electron chi connectivity index (χ0n) is 19.7. The Bertz CT molecular complexity index is 1730. The van der Waals surface area contributed by atoms with E-state index in [2.05, 4.69) is 52.0 Å². The van der Waals surface area contributed by atoms with Gasteiger partial charge in [-0.25, -0.2) is 15.0 Å². The molecule has 0 aliphatic carbocycles. The second kappa shape index (κ2) is 9.85. The molecule has 0 unspecified atom stereocenters. The number of pyridine rings is 2. The maximum Gasteiger partial charge on any atom is 0.252 e. The number of hydrogen-bond acceptors (Lipinski definition) is 11.